The van der Waals surface area contributed by atoms with Crippen molar-refractivity contribution < 1.29 is 13.2 Å². The summed E-state index contributed by atoms with van der Waals surface area (Å²) in [6, 6.07) is 6.04. The molecule has 0 unspecified atom stereocenters. The van der Waals surface area contributed by atoms with E-state index in [4.69, 9.17) is 0 Å². The van der Waals surface area contributed by atoms with Gasteiger partial charge >= 0.3 is 0 Å². The van der Waals surface area contributed by atoms with Gasteiger partial charge in [0.1, 0.15) is 4.90 Å². The van der Waals surface area contributed by atoms with Gasteiger partial charge in [-0.1, -0.05) is 19.1 Å². The van der Waals surface area contributed by atoms with E-state index in [0.717, 1.165) is 0 Å². The Bertz CT molecular complexity index is 698. The lowest BCUT2D eigenvalue weighted by Gasteiger charge is -2.10. The van der Waals surface area contributed by atoms with Gasteiger partial charge in [-0.15, -0.1) is 10.2 Å². The number of sulfonamides is 1. The normalized spacial score (nSPS) is 11.2. The first-order valence-electron chi connectivity index (χ1n) is 5.68. The fraction of sp³-hybridized carbons (Fsp3) is 0.200. The third-order valence-electron chi connectivity index (χ3n) is 2.31. The largest absolute Gasteiger partial charge is 0.318 e. The highest BCUT2D eigenvalue weighted by Crippen LogP contribution is 2.20. The fourth-order valence-electron chi connectivity index (χ4n) is 1.51. The predicted molar refractivity (Wildman–Crippen MR) is 69.4 cm³/mol. The molecule has 0 radical (unpaired) electrons. The van der Waals surface area contributed by atoms with E-state index >= 15 is 0 Å². The zero-order valence-electron chi connectivity index (χ0n) is 10.5. The van der Waals surface area contributed by atoms with Crippen LogP contribution in [0.4, 0.5) is 5.69 Å². The molecule has 1 aromatic carbocycles. The van der Waals surface area contributed by atoms with Crippen molar-refractivity contribution in [2.45, 2.75) is 11.8 Å². The SMILES string of the molecule is CCNS(=O)(=O)c1ccccc1NC(=O)c1nn[nH]n1. The molecule has 0 aliphatic carbocycles. The maximum Gasteiger partial charge on any atom is 0.297 e. The topological polar surface area (TPSA) is 130 Å². The van der Waals surface area contributed by atoms with Crippen molar-refractivity contribution in [1.29, 1.82) is 0 Å². The summed E-state index contributed by atoms with van der Waals surface area (Å²) in [6.07, 6.45) is 0. The highest BCUT2D eigenvalue weighted by molar-refractivity contribution is 7.89. The molecule has 0 aliphatic rings. The van der Waals surface area contributed by atoms with E-state index in [1.807, 2.05) is 0 Å². The standard InChI is InChI=1S/C10H12N6O3S/c1-2-11-20(18,19)8-6-4-3-5-7(8)12-10(17)9-13-15-16-14-9/h3-6,11H,2H2,1H3,(H,12,17)(H,13,14,15,16). The highest BCUT2D eigenvalue weighted by Gasteiger charge is 2.20. The van der Waals surface area contributed by atoms with Crippen LogP contribution >= 0.6 is 0 Å². The molecule has 9 nitrogen and oxygen atoms in total. The van der Waals surface area contributed by atoms with Gasteiger partial charge in [0.05, 0.1) is 5.69 Å². The van der Waals surface area contributed by atoms with Crippen molar-refractivity contribution in [2.24, 2.45) is 0 Å². The maximum absolute atomic E-state index is 12.0. The second kappa shape index (κ2) is 5.75. The Kier molecular flexibility index (Phi) is 4.05. The molecule has 1 amide bonds. The molecule has 0 saturated carbocycles. The van der Waals surface area contributed by atoms with Crippen LogP contribution in [0.15, 0.2) is 29.2 Å². The van der Waals surface area contributed by atoms with Gasteiger partial charge in [-0.2, -0.15) is 5.21 Å². The molecule has 3 N–H and O–H groups in total. The van der Waals surface area contributed by atoms with Gasteiger partial charge in [-0.25, -0.2) is 13.1 Å². The van der Waals surface area contributed by atoms with Gasteiger partial charge in [-0.3, -0.25) is 4.79 Å². The van der Waals surface area contributed by atoms with Gasteiger partial charge in [0.25, 0.3) is 11.7 Å². The number of nitrogens with one attached hydrogen (secondary N) is 3. The van der Waals surface area contributed by atoms with Crippen LogP contribution in [0, 0.1) is 0 Å². The summed E-state index contributed by atoms with van der Waals surface area (Å²) in [5.41, 5.74) is 0.142. The Morgan fingerprint density at radius 2 is 2.10 bits per heavy atom. The van der Waals surface area contributed by atoms with Crippen LogP contribution in [0.2, 0.25) is 0 Å². The number of anilines is 1. The van der Waals surface area contributed by atoms with Crippen molar-refractivity contribution >= 4 is 21.6 Å². The summed E-state index contributed by atoms with van der Waals surface area (Å²) in [7, 11) is -3.68. The number of hydrogen-bond donors (Lipinski definition) is 3. The minimum absolute atomic E-state index is 0.0290. The molecule has 1 aromatic heterocycles. The Labute approximate surface area is 114 Å². The molecule has 0 atom stereocenters. The third kappa shape index (κ3) is 2.97. The number of hydrogen-bond acceptors (Lipinski definition) is 6. The van der Waals surface area contributed by atoms with Crippen LogP contribution in [0.3, 0.4) is 0 Å². The first-order chi connectivity index (χ1) is 9.54. The molecule has 2 rings (SSSR count). The lowest BCUT2D eigenvalue weighted by Crippen LogP contribution is -2.25. The van der Waals surface area contributed by atoms with E-state index in [1.54, 1.807) is 19.1 Å². The smallest absolute Gasteiger partial charge is 0.297 e. The minimum atomic E-state index is -3.68. The van der Waals surface area contributed by atoms with E-state index in [1.165, 1.54) is 12.1 Å². The molecule has 0 fully saturated rings. The fourth-order valence-corrected chi connectivity index (χ4v) is 2.71. The van der Waals surface area contributed by atoms with E-state index in [9.17, 15) is 13.2 Å². The molecule has 0 aliphatic heterocycles. The Hall–Kier alpha value is -2.33. The minimum Gasteiger partial charge on any atom is -0.318 e. The van der Waals surface area contributed by atoms with Crippen molar-refractivity contribution in [3.63, 3.8) is 0 Å². The zero-order chi connectivity index (χ0) is 14.6. The average Bonchev–Trinajstić information content (AvgIpc) is 2.93. The van der Waals surface area contributed by atoms with E-state index < -0.39 is 15.9 Å². The van der Waals surface area contributed by atoms with Crippen LogP contribution in [-0.4, -0.2) is 41.5 Å². The second-order valence-electron chi connectivity index (χ2n) is 3.69. The van der Waals surface area contributed by atoms with E-state index in [-0.39, 0.29) is 23.0 Å². The van der Waals surface area contributed by atoms with E-state index in [0.29, 0.717) is 0 Å². The van der Waals surface area contributed by atoms with Gasteiger partial charge in [0, 0.05) is 6.54 Å². The summed E-state index contributed by atoms with van der Waals surface area (Å²) in [5, 5.41) is 14.9. The number of nitrogens with zero attached hydrogens (tertiary/aromatic N) is 3. The van der Waals surface area contributed by atoms with Crippen LogP contribution in [0.1, 0.15) is 17.5 Å². The summed E-state index contributed by atoms with van der Waals surface area (Å²) in [6.45, 7) is 1.91. The lowest BCUT2D eigenvalue weighted by atomic mass is 10.3. The molecule has 0 spiro atoms. The molecule has 2 aromatic rings. The van der Waals surface area contributed by atoms with Crippen LogP contribution < -0.4 is 10.0 Å². The Morgan fingerprint density at radius 1 is 1.35 bits per heavy atom. The van der Waals surface area contributed by atoms with Crippen molar-refractivity contribution in [1.82, 2.24) is 25.3 Å². The molecule has 1 heterocycles. The zero-order valence-corrected chi connectivity index (χ0v) is 11.3. The molecule has 10 heteroatoms. The number of benzene rings is 1. The summed E-state index contributed by atoms with van der Waals surface area (Å²) >= 11 is 0. The summed E-state index contributed by atoms with van der Waals surface area (Å²) < 4.78 is 26.4. The van der Waals surface area contributed by atoms with Crippen LogP contribution in [-0.2, 0) is 10.0 Å². The van der Waals surface area contributed by atoms with Crippen LogP contribution in [0.25, 0.3) is 0 Å². The van der Waals surface area contributed by atoms with Gasteiger partial charge in [-0.05, 0) is 17.3 Å². The predicted octanol–water partition coefficient (Wildman–Crippen LogP) is -0.250. The van der Waals surface area contributed by atoms with Gasteiger partial charge in [0.2, 0.25) is 10.0 Å². The Balaban J connectivity index is 2.32. The van der Waals surface area contributed by atoms with Crippen LogP contribution in [0.5, 0.6) is 0 Å². The average molecular weight is 296 g/mol. The number of para-hydroxylation sites is 1. The summed E-state index contributed by atoms with van der Waals surface area (Å²) in [5.74, 6) is -0.835. The third-order valence-corrected chi connectivity index (χ3v) is 3.91. The first-order valence-corrected chi connectivity index (χ1v) is 7.16. The molecule has 0 saturated heterocycles. The molecular formula is C10H12N6O3S. The van der Waals surface area contributed by atoms with E-state index in [2.05, 4.69) is 30.7 Å². The van der Waals surface area contributed by atoms with Gasteiger partial charge in [0.15, 0.2) is 0 Å². The number of carbonyl (C=O) groups excluding carboxylic acids is 1. The number of tetrazole rings is 1. The number of aromatic nitrogens is 4. The monoisotopic (exact) mass is 296 g/mol. The van der Waals surface area contributed by atoms with Gasteiger partial charge < -0.3 is 5.32 Å². The molecule has 20 heavy (non-hydrogen) atoms. The molecule has 106 valence electrons. The lowest BCUT2D eigenvalue weighted by molar-refractivity contribution is 0.101. The Morgan fingerprint density at radius 3 is 2.75 bits per heavy atom. The number of rotatable bonds is 5. The number of carbonyl (C=O) groups is 1. The van der Waals surface area contributed by atoms with Crippen molar-refractivity contribution in [3.8, 4) is 0 Å². The number of H-pyrrole nitrogens is 1. The van der Waals surface area contributed by atoms with Crippen molar-refractivity contribution in [3.05, 3.63) is 30.1 Å². The molecule has 0 bridgehead atoms. The second-order valence-corrected chi connectivity index (χ2v) is 5.42. The van der Waals surface area contributed by atoms with Crippen molar-refractivity contribution in [2.75, 3.05) is 11.9 Å². The molecular weight excluding hydrogens is 284 g/mol. The number of amides is 1. The highest BCUT2D eigenvalue weighted by atomic mass is 32.2. The quantitative estimate of drug-likeness (QED) is 0.697. The maximum atomic E-state index is 12.0. The number of aromatic amines is 1. The first kappa shape index (κ1) is 14.1. The summed E-state index contributed by atoms with van der Waals surface area (Å²) in [4.78, 5) is 11.8.